The van der Waals surface area contributed by atoms with Crippen molar-refractivity contribution < 1.29 is 9.90 Å². The summed E-state index contributed by atoms with van der Waals surface area (Å²) in [7, 11) is 1.91. The topological polar surface area (TPSA) is 43.8 Å². The van der Waals surface area contributed by atoms with Gasteiger partial charge in [-0.25, -0.2) is 0 Å². The van der Waals surface area contributed by atoms with Gasteiger partial charge >= 0.3 is 0 Å². The second-order valence-electron chi connectivity index (χ2n) is 5.75. The SMILES string of the molecule is CCC(O)C1CCCCN1CC(=O)N(C)C1CC1. The standard InChI is InChI=1S/C14H26N2O2/c1-3-13(17)12-6-4-5-9-16(12)10-14(18)15(2)11-7-8-11/h11-13,17H,3-10H2,1-2H3. The predicted molar refractivity (Wildman–Crippen MR) is 71.3 cm³/mol. The molecule has 0 spiro atoms. The summed E-state index contributed by atoms with van der Waals surface area (Å²) in [5.74, 6) is 0.215. The highest BCUT2D eigenvalue weighted by Gasteiger charge is 2.33. The zero-order valence-corrected chi connectivity index (χ0v) is 11.6. The minimum atomic E-state index is -0.288. The molecule has 0 aromatic rings. The van der Waals surface area contributed by atoms with Gasteiger partial charge in [-0.2, -0.15) is 0 Å². The number of aliphatic hydroxyl groups excluding tert-OH is 1. The normalized spacial score (nSPS) is 26.9. The van der Waals surface area contributed by atoms with E-state index in [1.165, 1.54) is 6.42 Å². The lowest BCUT2D eigenvalue weighted by Crippen LogP contribution is -2.50. The summed E-state index contributed by atoms with van der Waals surface area (Å²) in [4.78, 5) is 16.2. The van der Waals surface area contributed by atoms with E-state index in [0.29, 0.717) is 12.6 Å². The van der Waals surface area contributed by atoms with Crippen LogP contribution in [0.1, 0.15) is 45.4 Å². The Morgan fingerprint density at radius 1 is 1.39 bits per heavy atom. The summed E-state index contributed by atoms with van der Waals surface area (Å²) in [5.41, 5.74) is 0. The van der Waals surface area contributed by atoms with Gasteiger partial charge in [-0.3, -0.25) is 9.69 Å². The van der Waals surface area contributed by atoms with Crippen LogP contribution in [0.25, 0.3) is 0 Å². The van der Waals surface area contributed by atoms with E-state index in [1.54, 1.807) is 0 Å². The molecule has 4 heteroatoms. The maximum Gasteiger partial charge on any atom is 0.236 e. The Morgan fingerprint density at radius 3 is 2.72 bits per heavy atom. The third-order valence-corrected chi connectivity index (χ3v) is 4.35. The summed E-state index contributed by atoms with van der Waals surface area (Å²) in [6.45, 7) is 3.44. The van der Waals surface area contributed by atoms with E-state index >= 15 is 0 Å². The average Bonchev–Trinajstić information content (AvgIpc) is 3.22. The van der Waals surface area contributed by atoms with Gasteiger partial charge in [0.15, 0.2) is 0 Å². The van der Waals surface area contributed by atoms with Crippen molar-refractivity contribution >= 4 is 5.91 Å². The monoisotopic (exact) mass is 254 g/mol. The van der Waals surface area contributed by atoms with E-state index in [9.17, 15) is 9.90 Å². The molecule has 1 saturated heterocycles. The number of hydrogen-bond acceptors (Lipinski definition) is 3. The first-order chi connectivity index (χ1) is 8.63. The van der Waals surface area contributed by atoms with Crippen molar-refractivity contribution in [2.75, 3.05) is 20.1 Å². The summed E-state index contributed by atoms with van der Waals surface area (Å²) in [6.07, 6.45) is 6.14. The van der Waals surface area contributed by atoms with Crippen LogP contribution in [0.3, 0.4) is 0 Å². The third kappa shape index (κ3) is 3.23. The molecule has 1 saturated carbocycles. The van der Waals surface area contributed by atoms with Crippen LogP contribution >= 0.6 is 0 Å². The minimum Gasteiger partial charge on any atom is -0.392 e. The Balaban J connectivity index is 1.90. The molecule has 0 aromatic heterocycles. The quantitative estimate of drug-likeness (QED) is 0.802. The van der Waals surface area contributed by atoms with Crippen LogP contribution in [0, 0.1) is 0 Å². The van der Waals surface area contributed by atoms with E-state index in [-0.39, 0.29) is 18.1 Å². The second-order valence-corrected chi connectivity index (χ2v) is 5.75. The number of carbonyl (C=O) groups excluding carboxylic acids is 1. The number of piperidine rings is 1. The molecule has 0 aromatic carbocycles. The zero-order valence-electron chi connectivity index (χ0n) is 11.6. The largest absolute Gasteiger partial charge is 0.392 e. The van der Waals surface area contributed by atoms with E-state index in [1.807, 2.05) is 18.9 Å². The molecule has 2 unspecified atom stereocenters. The molecule has 18 heavy (non-hydrogen) atoms. The predicted octanol–water partition coefficient (Wildman–Crippen LogP) is 1.23. The van der Waals surface area contributed by atoms with Crippen LogP contribution in [-0.2, 0) is 4.79 Å². The first kappa shape index (κ1) is 13.8. The fraction of sp³-hybridized carbons (Fsp3) is 0.929. The van der Waals surface area contributed by atoms with Crippen molar-refractivity contribution in [3.05, 3.63) is 0 Å². The number of rotatable bonds is 5. The summed E-state index contributed by atoms with van der Waals surface area (Å²) < 4.78 is 0. The Morgan fingerprint density at radius 2 is 2.11 bits per heavy atom. The molecule has 2 atom stereocenters. The maximum atomic E-state index is 12.2. The van der Waals surface area contributed by atoms with E-state index in [4.69, 9.17) is 0 Å². The summed E-state index contributed by atoms with van der Waals surface area (Å²) in [5, 5.41) is 10.1. The summed E-state index contributed by atoms with van der Waals surface area (Å²) in [6, 6.07) is 0.664. The molecule has 2 aliphatic rings. The van der Waals surface area contributed by atoms with Crippen molar-refractivity contribution in [1.29, 1.82) is 0 Å². The van der Waals surface area contributed by atoms with E-state index in [0.717, 1.165) is 38.6 Å². The average molecular weight is 254 g/mol. The smallest absolute Gasteiger partial charge is 0.236 e. The number of likely N-dealkylation sites (tertiary alicyclic amines) is 1. The molecule has 0 bridgehead atoms. The number of aliphatic hydroxyl groups is 1. The molecule has 1 aliphatic heterocycles. The number of nitrogens with zero attached hydrogens (tertiary/aromatic N) is 2. The molecule has 1 aliphatic carbocycles. The van der Waals surface area contributed by atoms with Gasteiger partial charge in [0.05, 0.1) is 12.6 Å². The van der Waals surface area contributed by atoms with E-state index < -0.39 is 0 Å². The highest BCUT2D eigenvalue weighted by atomic mass is 16.3. The third-order valence-electron chi connectivity index (χ3n) is 4.35. The Bertz CT molecular complexity index is 292. The first-order valence-corrected chi connectivity index (χ1v) is 7.31. The van der Waals surface area contributed by atoms with Crippen molar-refractivity contribution in [2.45, 2.75) is 63.6 Å². The van der Waals surface area contributed by atoms with Crippen LogP contribution in [0.4, 0.5) is 0 Å². The van der Waals surface area contributed by atoms with Gasteiger partial charge < -0.3 is 10.0 Å². The van der Waals surface area contributed by atoms with Gasteiger partial charge in [0, 0.05) is 19.1 Å². The second kappa shape index (κ2) is 6.02. The lowest BCUT2D eigenvalue weighted by molar-refractivity contribution is -0.133. The number of likely N-dealkylation sites (N-methyl/N-ethyl adjacent to an activating group) is 1. The van der Waals surface area contributed by atoms with Crippen LogP contribution in [0.15, 0.2) is 0 Å². The van der Waals surface area contributed by atoms with Gasteiger partial charge in [0.25, 0.3) is 0 Å². The molecule has 4 nitrogen and oxygen atoms in total. The van der Waals surface area contributed by atoms with Crippen molar-refractivity contribution in [1.82, 2.24) is 9.80 Å². The lowest BCUT2D eigenvalue weighted by atomic mass is 9.96. The van der Waals surface area contributed by atoms with Crippen LogP contribution in [-0.4, -0.2) is 59.1 Å². The van der Waals surface area contributed by atoms with Crippen molar-refractivity contribution in [2.24, 2.45) is 0 Å². The van der Waals surface area contributed by atoms with Crippen LogP contribution in [0.2, 0.25) is 0 Å². The first-order valence-electron chi connectivity index (χ1n) is 7.31. The van der Waals surface area contributed by atoms with Crippen molar-refractivity contribution in [3.63, 3.8) is 0 Å². The molecular weight excluding hydrogens is 228 g/mol. The molecular formula is C14H26N2O2. The fourth-order valence-electron chi connectivity index (χ4n) is 2.87. The minimum absolute atomic E-state index is 0.181. The fourth-order valence-corrected chi connectivity index (χ4v) is 2.87. The zero-order chi connectivity index (χ0) is 13.1. The maximum absolute atomic E-state index is 12.2. The molecule has 0 radical (unpaired) electrons. The number of hydrogen-bond donors (Lipinski definition) is 1. The van der Waals surface area contributed by atoms with Gasteiger partial charge in [0.2, 0.25) is 5.91 Å². The highest BCUT2D eigenvalue weighted by Crippen LogP contribution is 2.26. The molecule has 104 valence electrons. The molecule has 2 rings (SSSR count). The summed E-state index contributed by atoms with van der Waals surface area (Å²) >= 11 is 0. The molecule has 1 heterocycles. The Kier molecular flexibility index (Phi) is 4.62. The lowest BCUT2D eigenvalue weighted by Gasteiger charge is -2.38. The van der Waals surface area contributed by atoms with Crippen LogP contribution < -0.4 is 0 Å². The van der Waals surface area contributed by atoms with E-state index in [2.05, 4.69) is 4.90 Å². The highest BCUT2D eigenvalue weighted by molar-refractivity contribution is 5.78. The Hall–Kier alpha value is -0.610. The van der Waals surface area contributed by atoms with Gasteiger partial charge in [-0.1, -0.05) is 13.3 Å². The van der Waals surface area contributed by atoms with Gasteiger partial charge in [-0.15, -0.1) is 0 Å². The van der Waals surface area contributed by atoms with Crippen LogP contribution in [0.5, 0.6) is 0 Å². The number of amides is 1. The Labute approximate surface area is 110 Å². The molecule has 1 amide bonds. The van der Waals surface area contributed by atoms with Crippen molar-refractivity contribution in [3.8, 4) is 0 Å². The molecule has 2 fully saturated rings. The van der Waals surface area contributed by atoms with Gasteiger partial charge in [0.1, 0.15) is 0 Å². The molecule has 1 N–H and O–H groups in total. The number of carbonyl (C=O) groups is 1. The van der Waals surface area contributed by atoms with Gasteiger partial charge in [-0.05, 0) is 38.6 Å².